The number of nitrogens with two attached hydrogens (primary N) is 1. The zero-order chi connectivity index (χ0) is 19.8. The number of rotatable bonds is 4. The zero-order valence-electron chi connectivity index (χ0n) is 14.6. The van der Waals surface area contributed by atoms with Crippen LogP contribution in [-0.2, 0) is 0 Å². The highest BCUT2D eigenvalue weighted by Gasteiger charge is 2.20. The molecule has 0 unspecified atom stereocenters. The molecule has 0 bridgehead atoms. The van der Waals surface area contributed by atoms with Crippen molar-refractivity contribution < 1.29 is 13.9 Å². The average Bonchev–Trinajstić information content (AvgIpc) is 3.02. The molecule has 9 heteroatoms. The van der Waals surface area contributed by atoms with Gasteiger partial charge in [-0.05, 0) is 36.4 Å². The average molecular weight is 379 g/mol. The van der Waals surface area contributed by atoms with E-state index in [-0.39, 0.29) is 22.7 Å². The fourth-order valence-electron chi connectivity index (χ4n) is 2.89. The Morgan fingerprint density at radius 2 is 1.93 bits per heavy atom. The van der Waals surface area contributed by atoms with Gasteiger partial charge in [-0.15, -0.1) is 0 Å². The van der Waals surface area contributed by atoms with Crippen LogP contribution >= 0.6 is 0 Å². The van der Waals surface area contributed by atoms with E-state index in [0.717, 1.165) is 0 Å². The number of nitrogens with zero attached hydrogens (tertiary/aromatic N) is 3. The van der Waals surface area contributed by atoms with Crippen molar-refractivity contribution in [1.82, 2.24) is 19.5 Å². The Labute approximate surface area is 157 Å². The first-order chi connectivity index (χ1) is 13.5. The van der Waals surface area contributed by atoms with E-state index in [1.165, 1.54) is 29.9 Å². The number of benzene rings is 2. The van der Waals surface area contributed by atoms with Gasteiger partial charge >= 0.3 is 5.69 Å². The van der Waals surface area contributed by atoms with Crippen LogP contribution in [0.5, 0.6) is 5.75 Å². The first-order valence-electron chi connectivity index (χ1n) is 8.21. The standard InChI is InChI=1S/C19H14FN5O3/c1-28-13-7-5-12(6-8-13)25-18-15(23-19(25)27)14(16(21)26)22-17(24-18)10-3-2-4-11(20)9-10/h2-9H,1H3,(H2,21,26)(H,23,27). The van der Waals surface area contributed by atoms with Gasteiger partial charge in [0.25, 0.3) is 5.91 Å². The summed E-state index contributed by atoms with van der Waals surface area (Å²) in [6, 6.07) is 12.3. The van der Waals surface area contributed by atoms with Crippen molar-refractivity contribution in [1.29, 1.82) is 0 Å². The molecule has 1 amide bonds. The normalized spacial score (nSPS) is 10.9. The number of amides is 1. The molecule has 28 heavy (non-hydrogen) atoms. The number of primary amides is 1. The predicted molar refractivity (Wildman–Crippen MR) is 99.9 cm³/mol. The number of aromatic amines is 1. The van der Waals surface area contributed by atoms with Gasteiger partial charge < -0.3 is 15.5 Å². The number of hydrogen-bond donors (Lipinski definition) is 2. The second-order valence-electron chi connectivity index (χ2n) is 5.93. The second-order valence-corrected chi connectivity index (χ2v) is 5.93. The topological polar surface area (TPSA) is 116 Å². The number of carbonyl (C=O) groups is 1. The summed E-state index contributed by atoms with van der Waals surface area (Å²) in [7, 11) is 1.53. The summed E-state index contributed by atoms with van der Waals surface area (Å²) < 4.78 is 20.0. The van der Waals surface area contributed by atoms with Crippen LogP contribution in [0.3, 0.4) is 0 Å². The van der Waals surface area contributed by atoms with Crippen molar-refractivity contribution in [2.45, 2.75) is 0 Å². The summed E-state index contributed by atoms with van der Waals surface area (Å²) in [5.74, 6) is -0.636. The van der Waals surface area contributed by atoms with E-state index in [1.807, 2.05) is 0 Å². The van der Waals surface area contributed by atoms with Gasteiger partial charge in [0.05, 0.1) is 12.8 Å². The number of methoxy groups -OCH3 is 1. The summed E-state index contributed by atoms with van der Waals surface area (Å²) in [6.45, 7) is 0. The Morgan fingerprint density at radius 3 is 2.57 bits per heavy atom. The molecule has 0 radical (unpaired) electrons. The molecule has 8 nitrogen and oxygen atoms in total. The number of H-pyrrole nitrogens is 1. The summed E-state index contributed by atoms with van der Waals surface area (Å²) in [5.41, 5.74) is 5.86. The number of carbonyl (C=O) groups excluding carboxylic acids is 1. The van der Waals surface area contributed by atoms with Crippen LogP contribution in [0, 0.1) is 5.82 Å². The maximum Gasteiger partial charge on any atom is 0.332 e. The van der Waals surface area contributed by atoms with Crippen LogP contribution in [0.15, 0.2) is 53.3 Å². The molecule has 2 aromatic carbocycles. The van der Waals surface area contributed by atoms with Crippen LogP contribution in [0.2, 0.25) is 0 Å². The van der Waals surface area contributed by atoms with Gasteiger partial charge in [0, 0.05) is 5.56 Å². The molecule has 0 spiro atoms. The van der Waals surface area contributed by atoms with Crippen molar-refractivity contribution in [2.24, 2.45) is 5.73 Å². The molecule has 2 aromatic heterocycles. The minimum absolute atomic E-state index is 0.0714. The zero-order valence-corrected chi connectivity index (χ0v) is 14.6. The lowest BCUT2D eigenvalue weighted by Crippen LogP contribution is -2.15. The Hall–Kier alpha value is -4.01. The van der Waals surface area contributed by atoms with Crippen LogP contribution in [0.1, 0.15) is 10.5 Å². The maximum absolute atomic E-state index is 13.6. The highest BCUT2D eigenvalue weighted by molar-refractivity contribution is 6.02. The lowest BCUT2D eigenvalue weighted by Gasteiger charge is -2.07. The molecule has 0 saturated heterocycles. The summed E-state index contributed by atoms with van der Waals surface area (Å²) in [6.07, 6.45) is 0. The number of fused-ring (bicyclic) bond motifs is 1. The SMILES string of the molecule is COc1ccc(-n2c(=O)[nH]c3c(C(N)=O)nc(-c4cccc(F)c4)nc32)cc1. The molecule has 0 saturated carbocycles. The highest BCUT2D eigenvalue weighted by atomic mass is 19.1. The maximum atomic E-state index is 13.6. The van der Waals surface area contributed by atoms with E-state index in [9.17, 15) is 14.0 Å². The van der Waals surface area contributed by atoms with Crippen molar-refractivity contribution in [2.75, 3.05) is 7.11 Å². The fourth-order valence-corrected chi connectivity index (χ4v) is 2.89. The first-order valence-corrected chi connectivity index (χ1v) is 8.21. The van der Waals surface area contributed by atoms with Crippen molar-refractivity contribution in [3.8, 4) is 22.8 Å². The van der Waals surface area contributed by atoms with Crippen LogP contribution in [0.4, 0.5) is 4.39 Å². The predicted octanol–water partition coefficient (Wildman–Crippen LogP) is 2.02. The number of halogens is 1. The van der Waals surface area contributed by atoms with E-state index in [4.69, 9.17) is 10.5 Å². The van der Waals surface area contributed by atoms with E-state index in [2.05, 4.69) is 15.0 Å². The van der Waals surface area contributed by atoms with Crippen LogP contribution in [-0.4, -0.2) is 32.5 Å². The lowest BCUT2D eigenvalue weighted by atomic mass is 10.2. The van der Waals surface area contributed by atoms with Crippen molar-refractivity contribution in [3.63, 3.8) is 0 Å². The molecule has 4 aromatic rings. The third-order valence-corrected chi connectivity index (χ3v) is 4.18. The third-order valence-electron chi connectivity index (χ3n) is 4.18. The highest BCUT2D eigenvalue weighted by Crippen LogP contribution is 2.23. The summed E-state index contributed by atoms with van der Waals surface area (Å²) >= 11 is 0. The second kappa shape index (κ2) is 6.62. The molecule has 0 aliphatic carbocycles. The van der Waals surface area contributed by atoms with Crippen molar-refractivity contribution >= 4 is 17.1 Å². The van der Waals surface area contributed by atoms with E-state index < -0.39 is 17.4 Å². The number of ether oxygens (including phenoxy) is 1. The van der Waals surface area contributed by atoms with E-state index >= 15 is 0 Å². The van der Waals surface area contributed by atoms with Crippen LogP contribution < -0.4 is 16.2 Å². The monoisotopic (exact) mass is 379 g/mol. The molecule has 2 heterocycles. The fraction of sp³-hybridized carbons (Fsp3) is 0.0526. The Morgan fingerprint density at radius 1 is 1.18 bits per heavy atom. The van der Waals surface area contributed by atoms with Crippen molar-refractivity contribution in [3.05, 3.63) is 70.5 Å². The van der Waals surface area contributed by atoms with E-state index in [1.54, 1.807) is 30.3 Å². The largest absolute Gasteiger partial charge is 0.497 e. The van der Waals surface area contributed by atoms with Crippen LogP contribution in [0.25, 0.3) is 28.2 Å². The van der Waals surface area contributed by atoms with Gasteiger partial charge in [0.15, 0.2) is 17.2 Å². The van der Waals surface area contributed by atoms with E-state index in [0.29, 0.717) is 17.0 Å². The van der Waals surface area contributed by atoms with Gasteiger partial charge in [0.2, 0.25) is 0 Å². The Kier molecular flexibility index (Phi) is 4.11. The smallest absolute Gasteiger partial charge is 0.332 e. The first kappa shape index (κ1) is 17.4. The molecular weight excluding hydrogens is 365 g/mol. The molecule has 3 N–H and O–H groups in total. The Balaban J connectivity index is 2.02. The quantitative estimate of drug-likeness (QED) is 0.563. The van der Waals surface area contributed by atoms with Gasteiger partial charge in [-0.3, -0.25) is 4.79 Å². The summed E-state index contributed by atoms with van der Waals surface area (Å²) in [4.78, 5) is 35.6. The number of hydrogen-bond acceptors (Lipinski definition) is 5. The molecule has 0 aliphatic heterocycles. The lowest BCUT2D eigenvalue weighted by molar-refractivity contribution is 0.0997. The van der Waals surface area contributed by atoms with Gasteiger partial charge in [0.1, 0.15) is 17.1 Å². The molecule has 4 rings (SSSR count). The molecule has 0 atom stereocenters. The molecule has 0 aliphatic rings. The minimum atomic E-state index is -0.840. The van der Waals surface area contributed by atoms with Gasteiger partial charge in [-0.1, -0.05) is 12.1 Å². The molecule has 0 fully saturated rings. The van der Waals surface area contributed by atoms with Gasteiger partial charge in [-0.2, -0.15) is 0 Å². The minimum Gasteiger partial charge on any atom is -0.497 e. The third kappa shape index (κ3) is 2.88. The Bertz CT molecular complexity index is 1260. The summed E-state index contributed by atoms with van der Waals surface area (Å²) in [5, 5.41) is 0. The van der Waals surface area contributed by atoms with Gasteiger partial charge in [-0.25, -0.2) is 23.7 Å². The molecule has 140 valence electrons. The number of aromatic nitrogens is 4. The number of imidazole rings is 1. The number of nitrogens with one attached hydrogen (secondary N) is 1. The molecular formula is C19H14FN5O3.